The van der Waals surface area contributed by atoms with Crippen LogP contribution in [0.2, 0.25) is 0 Å². The zero-order valence-corrected chi connectivity index (χ0v) is 22.0. The standard InChI is InChI=1S/C24H34N6O2.HI/c1-18-9-8-12-22(28-18)29-23(31)13-14-26-24(25-2)27-17-20(30-15-6-7-16-30)19-10-4-5-11-21(19)32-3;/h4-5,8-12,20H,6-7,13-17H2,1-3H3,(H2,25,26,27)(H,28,29,31);1H. The van der Waals surface area contributed by atoms with Gasteiger partial charge in [-0.05, 0) is 51.1 Å². The normalized spacial score (nSPS) is 14.8. The summed E-state index contributed by atoms with van der Waals surface area (Å²) in [4.78, 5) is 23.3. The molecule has 1 fully saturated rings. The van der Waals surface area contributed by atoms with Crippen molar-refractivity contribution in [2.75, 3.05) is 45.7 Å². The van der Waals surface area contributed by atoms with Crippen LogP contribution in [0.1, 0.15) is 36.6 Å². The molecule has 3 N–H and O–H groups in total. The predicted octanol–water partition coefficient (Wildman–Crippen LogP) is 3.35. The number of hydrogen-bond acceptors (Lipinski definition) is 5. The average Bonchev–Trinajstić information content (AvgIpc) is 3.33. The molecule has 1 aromatic carbocycles. The summed E-state index contributed by atoms with van der Waals surface area (Å²) in [6, 6.07) is 13.9. The molecule has 1 unspecified atom stereocenters. The van der Waals surface area contributed by atoms with Crippen LogP contribution in [0.5, 0.6) is 5.75 Å². The van der Waals surface area contributed by atoms with Crippen molar-refractivity contribution in [2.24, 2.45) is 4.99 Å². The van der Waals surface area contributed by atoms with Gasteiger partial charge in [0.1, 0.15) is 11.6 Å². The van der Waals surface area contributed by atoms with Crippen molar-refractivity contribution in [3.05, 3.63) is 53.7 Å². The number of guanidine groups is 1. The van der Waals surface area contributed by atoms with Gasteiger partial charge in [0.15, 0.2) is 5.96 Å². The number of rotatable bonds is 9. The highest BCUT2D eigenvalue weighted by Gasteiger charge is 2.26. The van der Waals surface area contributed by atoms with Gasteiger partial charge in [-0.1, -0.05) is 24.3 Å². The fourth-order valence-electron chi connectivity index (χ4n) is 3.96. The fraction of sp³-hybridized carbons (Fsp3) is 0.458. The van der Waals surface area contributed by atoms with Gasteiger partial charge in [0, 0.05) is 37.8 Å². The van der Waals surface area contributed by atoms with Gasteiger partial charge in [0.05, 0.1) is 13.2 Å². The molecule has 0 spiro atoms. The number of nitrogens with zero attached hydrogens (tertiary/aromatic N) is 3. The van der Waals surface area contributed by atoms with Crippen LogP contribution in [0.4, 0.5) is 5.82 Å². The Hall–Kier alpha value is -2.40. The second-order valence-corrected chi connectivity index (χ2v) is 7.84. The Morgan fingerprint density at radius 1 is 1.15 bits per heavy atom. The van der Waals surface area contributed by atoms with Crippen molar-refractivity contribution in [2.45, 2.75) is 32.2 Å². The second-order valence-electron chi connectivity index (χ2n) is 7.84. The Labute approximate surface area is 213 Å². The lowest BCUT2D eigenvalue weighted by atomic mass is 10.0. The van der Waals surface area contributed by atoms with Crippen molar-refractivity contribution in [1.82, 2.24) is 20.5 Å². The quantitative estimate of drug-likeness (QED) is 0.245. The lowest BCUT2D eigenvalue weighted by molar-refractivity contribution is -0.116. The maximum atomic E-state index is 12.2. The Balaban J connectivity index is 0.00000385. The van der Waals surface area contributed by atoms with Crippen LogP contribution in [0.15, 0.2) is 47.5 Å². The summed E-state index contributed by atoms with van der Waals surface area (Å²) in [7, 11) is 3.45. The minimum absolute atomic E-state index is 0. The van der Waals surface area contributed by atoms with E-state index in [0.29, 0.717) is 31.3 Å². The largest absolute Gasteiger partial charge is 0.496 e. The number of benzene rings is 1. The first-order valence-corrected chi connectivity index (χ1v) is 11.2. The molecule has 2 aromatic rings. The number of amides is 1. The Bertz CT molecular complexity index is 917. The van der Waals surface area contributed by atoms with Gasteiger partial charge >= 0.3 is 0 Å². The van der Waals surface area contributed by atoms with Crippen molar-refractivity contribution in [3.8, 4) is 5.75 Å². The fourth-order valence-corrected chi connectivity index (χ4v) is 3.96. The lowest BCUT2D eigenvalue weighted by Gasteiger charge is -2.30. The highest BCUT2D eigenvalue weighted by Crippen LogP contribution is 2.31. The molecule has 8 nitrogen and oxygen atoms in total. The minimum Gasteiger partial charge on any atom is -0.496 e. The first-order chi connectivity index (χ1) is 15.6. The molecule has 1 atom stereocenters. The molecule has 1 aliphatic rings. The number of likely N-dealkylation sites (tertiary alicyclic amines) is 1. The SMILES string of the molecule is CN=C(NCCC(=O)Nc1cccc(C)n1)NCC(c1ccccc1OC)N1CCCC1.I. The van der Waals surface area contributed by atoms with Crippen LogP contribution in [-0.2, 0) is 4.79 Å². The molecule has 33 heavy (non-hydrogen) atoms. The Kier molecular flexibility index (Phi) is 11.4. The molecule has 0 aliphatic carbocycles. The number of halogens is 1. The summed E-state index contributed by atoms with van der Waals surface area (Å²) >= 11 is 0. The monoisotopic (exact) mass is 566 g/mol. The van der Waals surface area contributed by atoms with Gasteiger partial charge in [-0.3, -0.25) is 14.7 Å². The minimum atomic E-state index is -0.0879. The van der Waals surface area contributed by atoms with E-state index in [-0.39, 0.29) is 35.9 Å². The Morgan fingerprint density at radius 3 is 2.61 bits per heavy atom. The number of nitrogens with one attached hydrogen (secondary N) is 3. The van der Waals surface area contributed by atoms with E-state index in [9.17, 15) is 4.79 Å². The first kappa shape index (κ1) is 26.8. The van der Waals surface area contributed by atoms with Gasteiger partial charge in [0.2, 0.25) is 5.91 Å². The molecule has 9 heteroatoms. The van der Waals surface area contributed by atoms with Crippen molar-refractivity contribution >= 4 is 41.7 Å². The van der Waals surface area contributed by atoms with E-state index in [1.54, 1.807) is 20.2 Å². The zero-order chi connectivity index (χ0) is 22.8. The molecule has 1 amide bonds. The molecule has 1 aromatic heterocycles. The molecule has 0 bridgehead atoms. The number of para-hydroxylation sites is 1. The summed E-state index contributed by atoms with van der Waals surface area (Å²) in [6.07, 6.45) is 2.74. The molecule has 180 valence electrons. The molecular weight excluding hydrogens is 531 g/mol. The van der Waals surface area contributed by atoms with Gasteiger partial charge in [-0.2, -0.15) is 0 Å². The third-order valence-corrected chi connectivity index (χ3v) is 5.57. The molecule has 1 saturated heterocycles. The van der Waals surface area contributed by atoms with Crippen LogP contribution < -0.4 is 20.7 Å². The predicted molar refractivity (Wildman–Crippen MR) is 144 cm³/mol. The number of methoxy groups -OCH3 is 1. The van der Waals surface area contributed by atoms with Crippen LogP contribution >= 0.6 is 24.0 Å². The van der Waals surface area contributed by atoms with E-state index < -0.39 is 0 Å². The maximum absolute atomic E-state index is 12.2. The third-order valence-electron chi connectivity index (χ3n) is 5.57. The van der Waals surface area contributed by atoms with Gasteiger partial charge in [-0.15, -0.1) is 24.0 Å². The summed E-state index contributed by atoms with van der Waals surface area (Å²) < 4.78 is 5.62. The van der Waals surface area contributed by atoms with Gasteiger partial charge in [-0.25, -0.2) is 4.98 Å². The van der Waals surface area contributed by atoms with Crippen LogP contribution in [0.25, 0.3) is 0 Å². The number of carbonyl (C=O) groups is 1. The van der Waals surface area contributed by atoms with E-state index in [2.05, 4.69) is 43.0 Å². The number of anilines is 1. The molecule has 3 rings (SSSR count). The van der Waals surface area contributed by atoms with E-state index in [4.69, 9.17) is 4.74 Å². The number of aryl methyl sites for hydroxylation is 1. The van der Waals surface area contributed by atoms with Crippen molar-refractivity contribution in [1.29, 1.82) is 0 Å². The number of hydrogen-bond donors (Lipinski definition) is 3. The summed E-state index contributed by atoms with van der Waals surface area (Å²) in [5.74, 6) is 2.05. The maximum Gasteiger partial charge on any atom is 0.227 e. The third kappa shape index (κ3) is 8.15. The zero-order valence-electron chi connectivity index (χ0n) is 19.6. The van der Waals surface area contributed by atoms with Crippen LogP contribution in [-0.4, -0.2) is 62.1 Å². The van der Waals surface area contributed by atoms with Crippen molar-refractivity contribution < 1.29 is 9.53 Å². The van der Waals surface area contributed by atoms with E-state index in [1.165, 1.54) is 18.4 Å². The van der Waals surface area contributed by atoms with E-state index in [1.807, 2.05) is 31.2 Å². The summed E-state index contributed by atoms with van der Waals surface area (Å²) in [6.45, 7) is 5.21. The van der Waals surface area contributed by atoms with Crippen molar-refractivity contribution in [3.63, 3.8) is 0 Å². The number of pyridine rings is 1. The lowest BCUT2D eigenvalue weighted by Crippen LogP contribution is -2.43. The number of carbonyl (C=O) groups excluding carboxylic acids is 1. The highest BCUT2D eigenvalue weighted by atomic mass is 127. The number of aromatic nitrogens is 1. The highest BCUT2D eigenvalue weighted by molar-refractivity contribution is 14.0. The van der Waals surface area contributed by atoms with E-state index >= 15 is 0 Å². The van der Waals surface area contributed by atoms with Gasteiger partial charge < -0.3 is 20.7 Å². The van der Waals surface area contributed by atoms with Crippen LogP contribution in [0.3, 0.4) is 0 Å². The molecule has 2 heterocycles. The van der Waals surface area contributed by atoms with E-state index in [0.717, 1.165) is 24.5 Å². The number of ether oxygens (including phenoxy) is 1. The second kappa shape index (κ2) is 14.0. The molecule has 0 radical (unpaired) electrons. The summed E-state index contributed by atoms with van der Waals surface area (Å²) in [5, 5.41) is 9.48. The summed E-state index contributed by atoms with van der Waals surface area (Å²) in [5.41, 5.74) is 2.04. The van der Waals surface area contributed by atoms with Gasteiger partial charge in [0.25, 0.3) is 0 Å². The molecule has 0 saturated carbocycles. The Morgan fingerprint density at radius 2 is 1.91 bits per heavy atom. The molecular formula is C24H35IN6O2. The topological polar surface area (TPSA) is 90.9 Å². The molecule has 1 aliphatic heterocycles. The number of aliphatic imine (C=N–C) groups is 1. The van der Waals surface area contributed by atoms with Crippen LogP contribution in [0, 0.1) is 6.92 Å². The average molecular weight is 566 g/mol. The smallest absolute Gasteiger partial charge is 0.227 e. The first-order valence-electron chi connectivity index (χ1n) is 11.2.